The molecule has 3 aliphatic rings. The van der Waals surface area contributed by atoms with Crippen LogP contribution >= 0.6 is 0 Å². The van der Waals surface area contributed by atoms with Gasteiger partial charge >= 0.3 is 11.8 Å². The molecule has 0 bridgehead atoms. The number of hydrogen-bond donors (Lipinski definition) is 2. The molecule has 33 heavy (non-hydrogen) atoms. The largest absolute Gasteiger partial charge is 0.486 e. The highest BCUT2D eigenvalue weighted by Crippen LogP contribution is 2.51. The maximum Gasteiger partial charge on any atom is 0.313 e. The standard InChI is InChI=1S/C25H27N3O5/c1-15-18-12-20-21(33-10-9-32-20)13-19(18)25(7-2-3-8-25)14-28(15)24(31)23(30)27-17-6-4-5-16(11-17)22(26)29/h4-6,11-13,15H,2-3,7-10,14H2,1H3,(H2,26,29)(H,27,30). The molecule has 5 rings (SSSR count). The van der Waals surface area contributed by atoms with Gasteiger partial charge in [-0.1, -0.05) is 18.9 Å². The summed E-state index contributed by atoms with van der Waals surface area (Å²) in [5, 5.41) is 2.63. The lowest BCUT2D eigenvalue weighted by Gasteiger charge is -2.46. The minimum Gasteiger partial charge on any atom is -0.486 e. The third-order valence-corrected chi connectivity index (χ3v) is 7.10. The Morgan fingerprint density at radius 3 is 2.45 bits per heavy atom. The molecule has 2 aliphatic heterocycles. The van der Waals surface area contributed by atoms with E-state index in [1.807, 2.05) is 13.0 Å². The maximum atomic E-state index is 13.3. The summed E-state index contributed by atoms with van der Waals surface area (Å²) in [4.78, 5) is 39.4. The lowest BCUT2D eigenvalue weighted by molar-refractivity contribution is -0.146. The Hall–Kier alpha value is -3.55. The minimum atomic E-state index is -0.738. The van der Waals surface area contributed by atoms with Crippen LogP contribution in [0.4, 0.5) is 5.69 Å². The summed E-state index contributed by atoms with van der Waals surface area (Å²) in [6.45, 7) is 3.43. The second-order valence-corrected chi connectivity index (χ2v) is 9.08. The van der Waals surface area contributed by atoms with E-state index in [0.29, 0.717) is 31.2 Å². The van der Waals surface area contributed by atoms with E-state index < -0.39 is 17.7 Å². The van der Waals surface area contributed by atoms with Crippen LogP contribution in [0.1, 0.15) is 60.1 Å². The molecule has 1 spiro atoms. The van der Waals surface area contributed by atoms with Gasteiger partial charge in [-0.2, -0.15) is 0 Å². The third kappa shape index (κ3) is 3.69. The smallest absolute Gasteiger partial charge is 0.313 e. The Kier molecular flexibility index (Phi) is 5.23. The van der Waals surface area contributed by atoms with E-state index in [2.05, 4.69) is 11.4 Å². The number of nitrogens with two attached hydrogens (primary N) is 1. The van der Waals surface area contributed by atoms with Gasteiger partial charge in [0.2, 0.25) is 5.91 Å². The lowest BCUT2D eigenvalue weighted by atomic mass is 9.71. The average Bonchev–Trinajstić information content (AvgIpc) is 3.29. The van der Waals surface area contributed by atoms with Crippen LogP contribution in [0.2, 0.25) is 0 Å². The summed E-state index contributed by atoms with van der Waals surface area (Å²) in [7, 11) is 0. The number of ether oxygens (including phenoxy) is 2. The molecule has 3 N–H and O–H groups in total. The summed E-state index contributed by atoms with van der Waals surface area (Å²) < 4.78 is 11.6. The number of benzene rings is 2. The number of rotatable bonds is 2. The molecule has 1 fully saturated rings. The zero-order valence-electron chi connectivity index (χ0n) is 18.6. The predicted octanol–water partition coefficient (Wildman–Crippen LogP) is 2.91. The van der Waals surface area contributed by atoms with E-state index in [1.165, 1.54) is 11.6 Å². The van der Waals surface area contributed by atoms with Crippen molar-refractivity contribution < 1.29 is 23.9 Å². The van der Waals surface area contributed by atoms with Gasteiger partial charge in [-0.05, 0) is 61.2 Å². The van der Waals surface area contributed by atoms with Crippen molar-refractivity contribution in [3.05, 3.63) is 53.1 Å². The number of primary amides is 1. The van der Waals surface area contributed by atoms with Gasteiger partial charge in [-0.15, -0.1) is 0 Å². The quantitative estimate of drug-likeness (QED) is 0.685. The fourth-order valence-corrected chi connectivity index (χ4v) is 5.42. The third-order valence-electron chi connectivity index (χ3n) is 7.10. The van der Waals surface area contributed by atoms with E-state index >= 15 is 0 Å². The first-order chi connectivity index (χ1) is 15.9. The summed E-state index contributed by atoms with van der Waals surface area (Å²) in [6.07, 6.45) is 4.07. The minimum absolute atomic E-state index is 0.195. The highest BCUT2D eigenvalue weighted by molar-refractivity contribution is 6.39. The zero-order valence-corrected chi connectivity index (χ0v) is 18.6. The normalized spacial score (nSPS) is 20.3. The van der Waals surface area contributed by atoms with E-state index in [4.69, 9.17) is 15.2 Å². The van der Waals surface area contributed by atoms with Crippen LogP contribution in [0, 0.1) is 0 Å². The number of carbonyl (C=O) groups excluding carboxylic acids is 3. The van der Waals surface area contributed by atoms with Crippen molar-refractivity contribution in [1.82, 2.24) is 4.90 Å². The average molecular weight is 450 g/mol. The molecular weight excluding hydrogens is 422 g/mol. The first-order valence-corrected chi connectivity index (χ1v) is 11.3. The van der Waals surface area contributed by atoms with Crippen LogP contribution in [0.25, 0.3) is 0 Å². The van der Waals surface area contributed by atoms with E-state index in [1.54, 1.807) is 23.1 Å². The first-order valence-electron chi connectivity index (χ1n) is 11.3. The first kappa shape index (κ1) is 21.3. The number of nitrogens with one attached hydrogen (secondary N) is 1. The monoisotopic (exact) mass is 449 g/mol. The van der Waals surface area contributed by atoms with Crippen molar-refractivity contribution >= 4 is 23.4 Å². The number of fused-ring (bicyclic) bond motifs is 3. The summed E-state index contributed by atoms with van der Waals surface area (Å²) in [6, 6.07) is 10.0. The molecule has 1 atom stereocenters. The molecule has 2 aromatic carbocycles. The van der Waals surface area contributed by atoms with Gasteiger partial charge in [0, 0.05) is 23.2 Å². The molecule has 1 unspecified atom stereocenters. The molecule has 0 aromatic heterocycles. The van der Waals surface area contributed by atoms with Gasteiger partial charge in [-0.3, -0.25) is 14.4 Å². The van der Waals surface area contributed by atoms with Gasteiger partial charge in [0.15, 0.2) is 11.5 Å². The summed E-state index contributed by atoms with van der Waals surface area (Å²) in [5.41, 5.74) is 7.95. The molecule has 8 nitrogen and oxygen atoms in total. The van der Waals surface area contributed by atoms with Gasteiger partial charge in [-0.25, -0.2) is 0 Å². The SMILES string of the molecule is CC1c2cc3c(cc2C2(CCCC2)CN1C(=O)C(=O)Nc1cccc(C(N)=O)c1)OCCO3. The van der Waals surface area contributed by atoms with Crippen molar-refractivity contribution in [3.63, 3.8) is 0 Å². The van der Waals surface area contributed by atoms with Gasteiger partial charge in [0.05, 0.1) is 6.04 Å². The highest BCUT2D eigenvalue weighted by Gasteiger charge is 2.47. The van der Waals surface area contributed by atoms with Crippen LogP contribution in [-0.2, 0) is 15.0 Å². The Balaban J connectivity index is 1.45. The Labute approximate surface area is 192 Å². The van der Waals surface area contributed by atoms with Crippen LogP contribution in [-0.4, -0.2) is 42.4 Å². The van der Waals surface area contributed by atoms with Crippen LogP contribution < -0.4 is 20.5 Å². The van der Waals surface area contributed by atoms with Crippen molar-refractivity contribution in [2.24, 2.45) is 5.73 Å². The number of amides is 3. The molecule has 1 aliphatic carbocycles. The number of carbonyl (C=O) groups is 3. The molecule has 0 radical (unpaired) electrons. The molecule has 172 valence electrons. The second-order valence-electron chi connectivity index (χ2n) is 9.08. The van der Waals surface area contributed by atoms with Gasteiger partial charge in [0.25, 0.3) is 0 Å². The highest BCUT2D eigenvalue weighted by atomic mass is 16.6. The fraction of sp³-hybridized carbons (Fsp3) is 0.400. The second kappa shape index (κ2) is 8.10. The molecule has 1 saturated carbocycles. The van der Waals surface area contributed by atoms with Crippen molar-refractivity contribution in [1.29, 1.82) is 0 Å². The van der Waals surface area contributed by atoms with Crippen molar-refractivity contribution in [3.8, 4) is 11.5 Å². The van der Waals surface area contributed by atoms with Crippen LogP contribution in [0.15, 0.2) is 36.4 Å². The number of hydrogen-bond acceptors (Lipinski definition) is 5. The Morgan fingerprint density at radius 2 is 1.76 bits per heavy atom. The Bertz CT molecular complexity index is 1140. The van der Waals surface area contributed by atoms with E-state index in [0.717, 1.165) is 37.0 Å². The zero-order chi connectivity index (χ0) is 23.2. The van der Waals surface area contributed by atoms with Crippen LogP contribution in [0.3, 0.4) is 0 Å². The van der Waals surface area contributed by atoms with Crippen molar-refractivity contribution in [2.75, 3.05) is 25.1 Å². The Morgan fingerprint density at radius 1 is 1.06 bits per heavy atom. The van der Waals surface area contributed by atoms with Gasteiger partial charge < -0.3 is 25.4 Å². The molecule has 3 amide bonds. The maximum absolute atomic E-state index is 13.3. The van der Waals surface area contributed by atoms with E-state index in [-0.39, 0.29) is 17.0 Å². The number of nitrogens with zero attached hydrogens (tertiary/aromatic N) is 1. The molecular formula is C25H27N3O5. The fourth-order valence-electron chi connectivity index (χ4n) is 5.42. The van der Waals surface area contributed by atoms with Crippen LogP contribution in [0.5, 0.6) is 11.5 Å². The number of anilines is 1. The van der Waals surface area contributed by atoms with E-state index in [9.17, 15) is 14.4 Å². The molecule has 2 aromatic rings. The lowest BCUT2D eigenvalue weighted by Crippen LogP contribution is -2.51. The van der Waals surface area contributed by atoms with Gasteiger partial charge in [0.1, 0.15) is 13.2 Å². The topological polar surface area (TPSA) is 111 Å². The molecule has 0 saturated heterocycles. The molecule has 8 heteroatoms. The van der Waals surface area contributed by atoms with Crippen molar-refractivity contribution in [2.45, 2.75) is 44.1 Å². The summed E-state index contributed by atoms with van der Waals surface area (Å²) >= 11 is 0. The predicted molar refractivity (Wildman–Crippen MR) is 121 cm³/mol. The molecule has 2 heterocycles. The summed E-state index contributed by atoms with van der Waals surface area (Å²) in [5.74, 6) is -0.500.